The molecule has 188 valence electrons. The third-order valence-corrected chi connectivity index (χ3v) is 5.05. The Kier molecular flexibility index (Phi) is 11.5. The van der Waals surface area contributed by atoms with E-state index in [1.165, 1.54) is 6.92 Å². The second kappa shape index (κ2) is 13.8. The number of carboxylic acids is 1. The standard InChI is InChI=1S/C23H32N2O9/c1-13(2)11-16(24-23(31)34-12-15-9-7-6-8-10-15)19(26)25-18(20(27)28)14(3)17(21(29)32-4)22(30)33-5/h6-10,13-14,16-18H,11-12H2,1-5H3,(H,24,31)(H,25,26)(H,27,28)/t14-,16-,18-/m0/s1. The highest BCUT2D eigenvalue weighted by Gasteiger charge is 2.42. The Bertz CT molecular complexity index is 841. The number of carbonyl (C=O) groups is 5. The van der Waals surface area contributed by atoms with Gasteiger partial charge in [0.2, 0.25) is 5.91 Å². The van der Waals surface area contributed by atoms with Gasteiger partial charge in [0, 0.05) is 5.92 Å². The van der Waals surface area contributed by atoms with Crippen molar-refractivity contribution in [3.63, 3.8) is 0 Å². The molecule has 11 nitrogen and oxygen atoms in total. The summed E-state index contributed by atoms with van der Waals surface area (Å²) in [6, 6.07) is 6.16. The molecular formula is C23H32N2O9. The summed E-state index contributed by atoms with van der Waals surface area (Å²) in [7, 11) is 2.09. The first-order valence-electron chi connectivity index (χ1n) is 10.7. The minimum absolute atomic E-state index is 0.0165. The van der Waals surface area contributed by atoms with Crippen LogP contribution in [0.4, 0.5) is 4.79 Å². The Morgan fingerprint density at radius 1 is 0.912 bits per heavy atom. The second-order valence-electron chi connectivity index (χ2n) is 8.10. The Labute approximate surface area is 198 Å². The topological polar surface area (TPSA) is 157 Å². The summed E-state index contributed by atoms with van der Waals surface area (Å²) >= 11 is 0. The van der Waals surface area contributed by atoms with Crippen LogP contribution in [0.25, 0.3) is 0 Å². The van der Waals surface area contributed by atoms with Gasteiger partial charge in [-0.2, -0.15) is 0 Å². The third kappa shape index (κ3) is 8.72. The van der Waals surface area contributed by atoms with Gasteiger partial charge in [0.1, 0.15) is 18.7 Å². The van der Waals surface area contributed by atoms with Crippen LogP contribution in [0.1, 0.15) is 32.8 Å². The summed E-state index contributed by atoms with van der Waals surface area (Å²) in [5.74, 6) is -7.12. The monoisotopic (exact) mass is 480 g/mol. The number of carbonyl (C=O) groups excluding carboxylic acids is 4. The molecule has 0 aliphatic rings. The van der Waals surface area contributed by atoms with E-state index in [1.807, 2.05) is 19.9 Å². The lowest BCUT2D eigenvalue weighted by Crippen LogP contribution is -2.56. The summed E-state index contributed by atoms with van der Waals surface area (Å²) in [4.78, 5) is 61.3. The van der Waals surface area contributed by atoms with Crippen LogP contribution in [-0.4, -0.2) is 61.3 Å². The number of rotatable bonds is 12. The fourth-order valence-corrected chi connectivity index (χ4v) is 3.25. The van der Waals surface area contributed by atoms with Gasteiger partial charge in [-0.05, 0) is 17.9 Å². The van der Waals surface area contributed by atoms with Crippen molar-refractivity contribution in [2.45, 2.75) is 45.9 Å². The molecule has 0 unspecified atom stereocenters. The van der Waals surface area contributed by atoms with Gasteiger partial charge in [0.25, 0.3) is 0 Å². The first-order chi connectivity index (χ1) is 16.0. The average molecular weight is 481 g/mol. The minimum Gasteiger partial charge on any atom is -0.480 e. The second-order valence-corrected chi connectivity index (χ2v) is 8.10. The number of benzene rings is 1. The first kappa shape index (κ1) is 28.4. The number of nitrogens with one attached hydrogen (secondary N) is 2. The fraction of sp³-hybridized carbons (Fsp3) is 0.522. The molecule has 0 fully saturated rings. The lowest BCUT2D eigenvalue weighted by atomic mass is 9.87. The molecular weight excluding hydrogens is 448 g/mol. The number of methoxy groups -OCH3 is 2. The molecule has 0 aromatic heterocycles. The van der Waals surface area contributed by atoms with Crippen molar-refractivity contribution in [3.05, 3.63) is 35.9 Å². The van der Waals surface area contributed by atoms with Gasteiger partial charge in [0.15, 0.2) is 5.92 Å². The molecule has 3 atom stereocenters. The van der Waals surface area contributed by atoms with Gasteiger partial charge in [-0.3, -0.25) is 14.4 Å². The van der Waals surface area contributed by atoms with Crippen LogP contribution in [0.15, 0.2) is 30.3 Å². The van der Waals surface area contributed by atoms with Crippen molar-refractivity contribution < 1.29 is 43.3 Å². The molecule has 1 aromatic rings. The molecule has 0 saturated heterocycles. The molecule has 3 N–H and O–H groups in total. The van der Waals surface area contributed by atoms with Gasteiger partial charge < -0.3 is 30.0 Å². The maximum atomic E-state index is 12.9. The van der Waals surface area contributed by atoms with Crippen molar-refractivity contribution in [2.75, 3.05) is 14.2 Å². The third-order valence-electron chi connectivity index (χ3n) is 5.05. The summed E-state index contributed by atoms with van der Waals surface area (Å²) in [6.45, 7) is 4.92. The van der Waals surface area contributed by atoms with E-state index in [4.69, 9.17) is 4.74 Å². The van der Waals surface area contributed by atoms with E-state index in [0.29, 0.717) is 0 Å². The molecule has 2 amide bonds. The van der Waals surface area contributed by atoms with Gasteiger partial charge in [-0.25, -0.2) is 9.59 Å². The number of esters is 2. The number of hydrogen-bond donors (Lipinski definition) is 3. The largest absolute Gasteiger partial charge is 0.480 e. The summed E-state index contributed by atoms with van der Waals surface area (Å²) in [5, 5.41) is 14.4. The maximum absolute atomic E-state index is 12.9. The Hall–Kier alpha value is -3.63. The van der Waals surface area contributed by atoms with Crippen molar-refractivity contribution in [3.8, 4) is 0 Å². The van der Waals surface area contributed by atoms with E-state index in [9.17, 15) is 29.1 Å². The van der Waals surface area contributed by atoms with Gasteiger partial charge in [0.05, 0.1) is 14.2 Å². The van der Waals surface area contributed by atoms with E-state index < -0.39 is 53.8 Å². The number of alkyl carbamates (subject to hydrolysis) is 1. The normalized spacial score (nSPS) is 13.4. The maximum Gasteiger partial charge on any atom is 0.408 e. The minimum atomic E-state index is -1.65. The Balaban J connectivity index is 2.97. The lowest BCUT2D eigenvalue weighted by Gasteiger charge is -2.28. The SMILES string of the molecule is COC(=O)C(C(=O)OC)[C@H](C)[C@H](NC(=O)[C@H](CC(C)C)NC(=O)OCc1ccccc1)C(=O)O. The van der Waals surface area contributed by atoms with Crippen molar-refractivity contribution >= 4 is 29.9 Å². The summed E-state index contributed by atoms with van der Waals surface area (Å²) in [6.07, 6.45) is -0.670. The molecule has 1 aromatic carbocycles. The van der Waals surface area contributed by atoms with Gasteiger partial charge in [-0.1, -0.05) is 51.1 Å². The molecule has 0 heterocycles. The number of aliphatic carboxylic acids is 1. The van der Waals surface area contributed by atoms with Crippen LogP contribution in [-0.2, 0) is 40.0 Å². The highest BCUT2D eigenvalue weighted by Crippen LogP contribution is 2.20. The fourth-order valence-electron chi connectivity index (χ4n) is 3.25. The highest BCUT2D eigenvalue weighted by atomic mass is 16.6. The Morgan fingerprint density at radius 2 is 1.47 bits per heavy atom. The molecule has 0 saturated carbocycles. The average Bonchev–Trinajstić information content (AvgIpc) is 2.80. The predicted octanol–water partition coefficient (Wildman–Crippen LogP) is 1.50. The molecule has 1 rings (SSSR count). The summed E-state index contributed by atoms with van der Waals surface area (Å²) in [5.41, 5.74) is 0.749. The van der Waals surface area contributed by atoms with E-state index in [0.717, 1.165) is 19.8 Å². The molecule has 0 radical (unpaired) electrons. The Morgan fingerprint density at radius 3 is 1.94 bits per heavy atom. The number of amides is 2. The van der Waals surface area contributed by atoms with Crippen LogP contribution in [0, 0.1) is 17.8 Å². The molecule has 0 aliphatic heterocycles. The van der Waals surface area contributed by atoms with E-state index in [2.05, 4.69) is 20.1 Å². The van der Waals surface area contributed by atoms with Crippen LogP contribution in [0.5, 0.6) is 0 Å². The van der Waals surface area contributed by atoms with Crippen LogP contribution >= 0.6 is 0 Å². The van der Waals surface area contributed by atoms with Crippen LogP contribution in [0.2, 0.25) is 0 Å². The molecule has 0 aliphatic carbocycles. The van der Waals surface area contributed by atoms with Crippen LogP contribution < -0.4 is 10.6 Å². The van der Waals surface area contributed by atoms with Crippen molar-refractivity contribution in [1.82, 2.24) is 10.6 Å². The quantitative estimate of drug-likeness (QED) is 0.229. The molecule has 0 spiro atoms. The molecule has 11 heteroatoms. The zero-order valence-corrected chi connectivity index (χ0v) is 19.9. The predicted molar refractivity (Wildman–Crippen MR) is 119 cm³/mol. The summed E-state index contributed by atoms with van der Waals surface area (Å²) < 4.78 is 14.3. The molecule has 0 bridgehead atoms. The zero-order chi connectivity index (χ0) is 25.8. The van der Waals surface area contributed by atoms with E-state index >= 15 is 0 Å². The van der Waals surface area contributed by atoms with E-state index in [-0.39, 0.29) is 18.9 Å². The smallest absolute Gasteiger partial charge is 0.408 e. The van der Waals surface area contributed by atoms with Gasteiger partial charge in [-0.15, -0.1) is 0 Å². The van der Waals surface area contributed by atoms with Gasteiger partial charge >= 0.3 is 24.0 Å². The lowest BCUT2D eigenvalue weighted by molar-refractivity contribution is -0.163. The first-order valence-corrected chi connectivity index (χ1v) is 10.7. The molecule has 34 heavy (non-hydrogen) atoms. The van der Waals surface area contributed by atoms with E-state index in [1.54, 1.807) is 24.3 Å². The highest BCUT2D eigenvalue weighted by molar-refractivity contribution is 5.96. The van der Waals surface area contributed by atoms with Crippen molar-refractivity contribution in [1.29, 1.82) is 0 Å². The van der Waals surface area contributed by atoms with Crippen molar-refractivity contribution in [2.24, 2.45) is 17.8 Å². The van der Waals surface area contributed by atoms with Crippen LogP contribution in [0.3, 0.4) is 0 Å². The number of hydrogen-bond acceptors (Lipinski definition) is 8. The number of ether oxygens (including phenoxy) is 3. The number of carboxylic acid groups (broad SMARTS) is 1. The zero-order valence-electron chi connectivity index (χ0n) is 19.9.